The molecule has 2 aromatic heterocycles. The number of para-hydroxylation sites is 2. The summed E-state index contributed by atoms with van der Waals surface area (Å²) in [7, 11) is 0. The van der Waals surface area contributed by atoms with Gasteiger partial charge in [-0.1, -0.05) is 35.5 Å². The van der Waals surface area contributed by atoms with E-state index in [1.807, 2.05) is 42.5 Å². The molecule has 0 fully saturated rings. The Bertz CT molecular complexity index is 1440. The van der Waals surface area contributed by atoms with Crippen LogP contribution in [0.1, 0.15) is 16.2 Å². The third kappa shape index (κ3) is 3.72. The summed E-state index contributed by atoms with van der Waals surface area (Å²) in [6.45, 7) is 1.71. The van der Waals surface area contributed by atoms with Crippen LogP contribution in [0.2, 0.25) is 0 Å². The fourth-order valence-electron chi connectivity index (χ4n) is 3.52. The fraction of sp³-hybridized carbons (Fsp3) is 0.0400. The van der Waals surface area contributed by atoms with Crippen molar-refractivity contribution >= 4 is 22.5 Å². The molecular formula is C25H17FN4O2. The largest absolute Gasteiger partial charge is 0.339 e. The van der Waals surface area contributed by atoms with Gasteiger partial charge in [0.15, 0.2) is 0 Å². The molecule has 0 bridgehead atoms. The number of carbonyl (C=O) groups is 1. The van der Waals surface area contributed by atoms with Crippen molar-refractivity contribution in [2.24, 2.45) is 0 Å². The Balaban J connectivity index is 1.58. The van der Waals surface area contributed by atoms with Crippen molar-refractivity contribution in [3.05, 3.63) is 96.1 Å². The van der Waals surface area contributed by atoms with E-state index in [1.54, 1.807) is 31.2 Å². The van der Waals surface area contributed by atoms with Gasteiger partial charge >= 0.3 is 0 Å². The zero-order valence-electron chi connectivity index (χ0n) is 17.0. The summed E-state index contributed by atoms with van der Waals surface area (Å²) in [6, 6.07) is 22.4. The first-order valence-corrected chi connectivity index (χ1v) is 9.95. The number of hydrogen-bond acceptors (Lipinski definition) is 5. The van der Waals surface area contributed by atoms with Crippen LogP contribution >= 0.6 is 0 Å². The molecule has 2 heterocycles. The lowest BCUT2D eigenvalue weighted by Gasteiger charge is -2.12. The number of rotatable bonds is 4. The zero-order chi connectivity index (χ0) is 22.1. The number of nitrogens with zero attached hydrogens (tertiary/aromatic N) is 3. The van der Waals surface area contributed by atoms with Gasteiger partial charge in [0.05, 0.1) is 22.5 Å². The molecule has 3 aromatic carbocycles. The number of aromatic nitrogens is 3. The van der Waals surface area contributed by atoms with E-state index in [0.29, 0.717) is 50.7 Å². The topological polar surface area (TPSA) is 80.9 Å². The Hall–Kier alpha value is -4.39. The summed E-state index contributed by atoms with van der Waals surface area (Å²) in [5, 5.41) is 7.64. The number of fused-ring (bicyclic) bond motifs is 1. The highest BCUT2D eigenvalue weighted by Crippen LogP contribution is 2.29. The van der Waals surface area contributed by atoms with Gasteiger partial charge in [-0.2, -0.15) is 4.98 Å². The predicted molar refractivity (Wildman–Crippen MR) is 120 cm³/mol. The molecule has 0 radical (unpaired) electrons. The summed E-state index contributed by atoms with van der Waals surface area (Å²) in [6.07, 6.45) is 0. The molecule has 1 amide bonds. The number of benzene rings is 3. The maximum Gasteiger partial charge on any atom is 0.256 e. The Morgan fingerprint density at radius 3 is 2.47 bits per heavy atom. The van der Waals surface area contributed by atoms with Crippen LogP contribution in [0.15, 0.2) is 83.4 Å². The highest BCUT2D eigenvalue weighted by molar-refractivity contribution is 6.14. The van der Waals surface area contributed by atoms with Crippen LogP contribution in [0.3, 0.4) is 0 Å². The predicted octanol–water partition coefficient (Wildman–Crippen LogP) is 5.65. The second kappa shape index (κ2) is 8.03. The molecule has 0 atom stereocenters. The molecule has 0 aliphatic carbocycles. The van der Waals surface area contributed by atoms with Crippen molar-refractivity contribution in [3.63, 3.8) is 0 Å². The Labute approximate surface area is 182 Å². The van der Waals surface area contributed by atoms with Crippen molar-refractivity contribution in [1.82, 2.24) is 15.1 Å². The fourth-order valence-corrected chi connectivity index (χ4v) is 3.52. The Morgan fingerprint density at radius 1 is 0.938 bits per heavy atom. The summed E-state index contributed by atoms with van der Waals surface area (Å²) in [4.78, 5) is 22.3. The minimum absolute atomic E-state index is 0.306. The standard InChI is InChI=1S/C25H17FN4O2/c1-15-27-24(30-32-15)19-7-3-5-9-22(19)29-25(31)20-14-23(16-10-12-17(26)13-11-16)28-21-8-4-2-6-18(20)21/h2-14H,1H3,(H,29,31). The van der Waals surface area contributed by atoms with Gasteiger partial charge in [0, 0.05) is 23.4 Å². The number of hydrogen-bond donors (Lipinski definition) is 1. The summed E-state index contributed by atoms with van der Waals surface area (Å²) < 4.78 is 18.5. The molecular weight excluding hydrogens is 407 g/mol. The second-order valence-corrected chi connectivity index (χ2v) is 7.22. The third-order valence-electron chi connectivity index (χ3n) is 5.04. The number of halogens is 1. The van der Waals surface area contributed by atoms with Crippen LogP contribution in [-0.4, -0.2) is 21.0 Å². The monoisotopic (exact) mass is 424 g/mol. The Morgan fingerprint density at radius 2 is 1.69 bits per heavy atom. The molecule has 0 aliphatic rings. The van der Waals surface area contributed by atoms with E-state index in [0.717, 1.165) is 0 Å². The molecule has 5 aromatic rings. The molecule has 0 spiro atoms. The zero-order valence-corrected chi connectivity index (χ0v) is 17.0. The van der Waals surface area contributed by atoms with Gasteiger partial charge in [-0.05, 0) is 48.5 Å². The minimum Gasteiger partial charge on any atom is -0.339 e. The molecule has 0 saturated carbocycles. The number of aryl methyl sites for hydroxylation is 1. The van der Waals surface area contributed by atoms with Crippen molar-refractivity contribution in [2.45, 2.75) is 6.92 Å². The minimum atomic E-state index is -0.333. The molecule has 0 saturated heterocycles. The van der Waals surface area contributed by atoms with Crippen molar-refractivity contribution in [3.8, 4) is 22.6 Å². The first-order chi connectivity index (χ1) is 15.6. The molecule has 7 heteroatoms. The van der Waals surface area contributed by atoms with E-state index in [9.17, 15) is 9.18 Å². The average molecular weight is 424 g/mol. The van der Waals surface area contributed by atoms with E-state index in [2.05, 4.69) is 20.4 Å². The second-order valence-electron chi connectivity index (χ2n) is 7.22. The van der Waals surface area contributed by atoms with Crippen LogP contribution in [0, 0.1) is 12.7 Å². The molecule has 0 aliphatic heterocycles. The third-order valence-corrected chi connectivity index (χ3v) is 5.04. The van der Waals surface area contributed by atoms with E-state index in [1.165, 1.54) is 12.1 Å². The van der Waals surface area contributed by atoms with Gasteiger partial charge < -0.3 is 9.84 Å². The Kier molecular flexibility index (Phi) is 4.91. The maximum absolute atomic E-state index is 13.4. The lowest BCUT2D eigenvalue weighted by molar-refractivity contribution is 0.102. The summed E-state index contributed by atoms with van der Waals surface area (Å²) in [5.41, 5.74) is 3.62. The van der Waals surface area contributed by atoms with Gasteiger partial charge in [-0.15, -0.1) is 0 Å². The average Bonchev–Trinajstić information content (AvgIpc) is 3.25. The highest BCUT2D eigenvalue weighted by Gasteiger charge is 2.17. The summed E-state index contributed by atoms with van der Waals surface area (Å²) in [5.74, 6) is 0.190. The van der Waals surface area contributed by atoms with Crippen molar-refractivity contribution in [2.75, 3.05) is 5.32 Å². The normalized spacial score (nSPS) is 10.9. The van der Waals surface area contributed by atoms with E-state index >= 15 is 0 Å². The molecule has 1 N–H and O–H groups in total. The number of carbonyl (C=O) groups excluding carboxylic acids is 1. The number of pyridine rings is 1. The van der Waals surface area contributed by atoms with Crippen LogP contribution in [0.25, 0.3) is 33.5 Å². The van der Waals surface area contributed by atoms with E-state index in [-0.39, 0.29) is 11.7 Å². The number of nitrogens with one attached hydrogen (secondary N) is 1. The SMILES string of the molecule is Cc1nc(-c2ccccc2NC(=O)c2cc(-c3ccc(F)cc3)nc3ccccc23)no1. The lowest BCUT2D eigenvalue weighted by Crippen LogP contribution is -2.14. The van der Waals surface area contributed by atoms with Crippen LogP contribution in [-0.2, 0) is 0 Å². The highest BCUT2D eigenvalue weighted by atomic mass is 19.1. The molecule has 32 heavy (non-hydrogen) atoms. The van der Waals surface area contributed by atoms with Crippen molar-refractivity contribution in [1.29, 1.82) is 0 Å². The van der Waals surface area contributed by atoms with Crippen LogP contribution in [0.5, 0.6) is 0 Å². The van der Waals surface area contributed by atoms with Gasteiger partial charge in [0.2, 0.25) is 11.7 Å². The van der Waals surface area contributed by atoms with Crippen LogP contribution in [0.4, 0.5) is 10.1 Å². The van der Waals surface area contributed by atoms with E-state index < -0.39 is 0 Å². The van der Waals surface area contributed by atoms with Gasteiger partial charge in [-0.25, -0.2) is 9.37 Å². The van der Waals surface area contributed by atoms with Gasteiger partial charge in [-0.3, -0.25) is 4.79 Å². The molecule has 0 unspecified atom stereocenters. The first kappa shape index (κ1) is 19.6. The summed E-state index contributed by atoms with van der Waals surface area (Å²) >= 11 is 0. The molecule has 5 rings (SSSR count). The van der Waals surface area contributed by atoms with Gasteiger partial charge in [0.25, 0.3) is 5.91 Å². The van der Waals surface area contributed by atoms with E-state index in [4.69, 9.17) is 4.52 Å². The lowest BCUT2D eigenvalue weighted by atomic mass is 10.0. The maximum atomic E-state index is 13.4. The number of amides is 1. The smallest absolute Gasteiger partial charge is 0.256 e. The quantitative estimate of drug-likeness (QED) is 0.403. The van der Waals surface area contributed by atoms with Crippen LogP contribution < -0.4 is 5.32 Å². The molecule has 6 nitrogen and oxygen atoms in total. The van der Waals surface area contributed by atoms with Gasteiger partial charge in [0.1, 0.15) is 5.82 Å². The number of anilines is 1. The first-order valence-electron chi connectivity index (χ1n) is 9.95. The van der Waals surface area contributed by atoms with Crippen molar-refractivity contribution < 1.29 is 13.7 Å². The molecule has 156 valence electrons.